The predicted octanol–water partition coefficient (Wildman–Crippen LogP) is 2.97. The smallest absolute Gasteiger partial charge is 0.223 e. The second kappa shape index (κ2) is 7.95. The lowest BCUT2D eigenvalue weighted by molar-refractivity contribution is 0.477. The van der Waals surface area contributed by atoms with Gasteiger partial charge in [-0.25, -0.2) is 15.0 Å². The van der Waals surface area contributed by atoms with Gasteiger partial charge < -0.3 is 15.2 Å². The summed E-state index contributed by atoms with van der Waals surface area (Å²) in [5.74, 6) is 0.789. The number of nitriles is 1. The Morgan fingerprint density at radius 3 is 2.82 bits per heavy atom. The molecule has 28 heavy (non-hydrogen) atoms. The average Bonchev–Trinajstić information content (AvgIpc) is 3.10. The molecule has 1 aliphatic rings. The highest BCUT2D eigenvalue weighted by atomic mass is 15.1. The first kappa shape index (κ1) is 18.4. The van der Waals surface area contributed by atoms with Crippen LogP contribution >= 0.6 is 0 Å². The summed E-state index contributed by atoms with van der Waals surface area (Å²) in [5.41, 5.74) is 3.57. The van der Waals surface area contributed by atoms with E-state index in [1.807, 2.05) is 31.2 Å². The van der Waals surface area contributed by atoms with Gasteiger partial charge >= 0.3 is 0 Å². The lowest BCUT2D eigenvalue weighted by Crippen LogP contribution is -2.35. The van der Waals surface area contributed by atoms with E-state index in [-0.39, 0.29) is 0 Å². The maximum Gasteiger partial charge on any atom is 0.223 e. The van der Waals surface area contributed by atoms with Gasteiger partial charge in [-0.05, 0) is 57.5 Å². The molecule has 1 aliphatic heterocycles. The predicted molar refractivity (Wildman–Crippen MR) is 109 cm³/mol. The highest BCUT2D eigenvalue weighted by Crippen LogP contribution is 2.28. The summed E-state index contributed by atoms with van der Waals surface area (Å²) in [4.78, 5) is 14.0. The molecule has 1 fully saturated rings. The molecule has 1 unspecified atom stereocenters. The van der Waals surface area contributed by atoms with E-state index in [0.717, 1.165) is 60.6 Å². The van der Waals surface area contributed by atoms with Crippen LogP contribution in [0.1, 0.15) is 42.8 Å². The topological polar surface area (TPSA) is 91.5 Å². The third-order valence-electron chi connectivity index (χ3n) is 5.34. The van der Waals surface area contributed by atoms with Gasteiger partial charge in [-0.2, -0.15) is 5.26 Å². The van der Waals surface area contributed by atoms with Gasteiger partial charge in [0.2, 0.25) is 5.95 Å². The standard InChI is InChI=1S/C21H25N7/c1-3-28-18-7-5-4-6-17(18)26-20(28)16(12-22)19-14(2)13-24-21(27-19)25-15-8-10-23-11-9-15/h4-7,13,15-16,23H,3,8-11H2,1-2H3,(H,24,25,27). The molecule has 1 saturated heterocycles. The van der Waals surface area contributed by atoms with E-state index in [2.05, 4.69) is 33.2 Å². The summed E-state index contributed by atoms with van der Waals surface area (Å²) in [6, 6.07) is 10.8. The fourth-order valence-corrected chi connectivity index (χ4v) is 3.85. The first-order valence-corrected chi connectivity index (χ1v) is 9.86. The molecule has 3 aromatic rings. The van der Waals surface area contributed by atoms with Crippen molar-refractivity contribution in [1.29, 1.82) is 5.26 Å². The lowest BCUT2D eigenvalue weighted by Gasteiger charge is -2.24. The second-order valence-corrected chi connectivity index (χ2v) is 7.20. The van der Waals surface area contributed by atoms with Crippen LogP contribution in [0.3, 0.4) is 0 Å². The molecule has 2 aromatic heterocycles. The summed E-state index contributed by atoms with van der Waals surface area (Å²) in [7, 11) is 0. The van der Waals surface area contributed by atoms with Crippen molar-refractivity contribution >= 4 is 17.0 Å². The van der Waals surface area contributed by atoms with Crippen LogP contribution < -0.4 is 10.6 Å². The van der Waals surface area contributed by atoms with Crippen molar-refractivity contribution < 1.29 is 0 Å². The zero-order valence-corrected chi connectivity index (χ0v) is 16.3. The number of benzene rings is 1. The number of hydrogen-bond donors (Lipinski definition) is 2. The zero-order chi connectivity index (χ0) is 19.5. The van der Waals surface area contributed by atoms with E-state index in [1.54, 1.807) is 6.20 Å². The number of anilines is 1. The number of nitrogens with zero attached hydrogens (tertiary/aromatic N) is 5. The molecule has 4 rings (SSSR count). The zero-order valence-electron chi connectivity index (χ0n) is 16.3. The molecule has 0 aliphatic carbocycles. The highest BCUT2D eigenvalue weighted by Gasteiger charge is 2.25. The summed E-state index contributed by atoms with van der Waals surface area (Å²) in [6.45, 7) is 6.77. The number of piperidine rings is 1. The van der Waals surface area contributed by atoms with Crippen molar-refractivity contribution in [3.63, 3.8) is 0 Å². The van der Waals surface area contributed by atoms with Gasteiger partial charge in [0.25, 0.3) is 0 Å². The largest absolute Gasteiger partial charge is 0.351 e. The SMILES string of the molecule is CCn1c(C(C#N)c2nc(NC3CCNCC3)ncc2C)nc2ccccc21. The summed E-state index contributed by atoms with van der Waals surface area (Å²) < 4.78 is 2.10. The normalized spacial score (nSPS) is 16.0. The average molecular weight is 375 g/mol. The Morgan fingerprint density at radius 1 is 1.29 bits per heavy atom. The number of rotatable bonds is 5. The van der Waals surface area contributed by atoms with Gasteiger partial charge in [0.05, 0.1) is 22.8 Å². The quantitative estimate of drug-likeness (QED) is 0.712. The van der Waals surface area contributed by atoms with Crippen LogP contribution in [0.2, 0.25) is 0 Å². The minimum absolute atomic E-state index is 0.359. The van der Waals surface area contributed by atoms with Crippen LogP contribution in [0, 0.1) is 18.3 Å². The minimum atomic E-state index is -0.538. The Labute approximate surface area is 164 Å². The van der Waals surface area contributed by atoms with Crippen molar-refractivity contribution in [3.8, 4) is 6.07 Å². The molecule has 144 valence electrons. The number of hydrogen-bond acceptors (Lipinski definition) is 6. The monoisotopic (exact) mass is 375 g/mol. The molecule has 0 amide bonds. The minimum Gasteiger partial charge on any atom is -0.351 e. The molecule has 1 atom stereocenters. The molecule has 0 spiro atoms. The van der Waals surface area contributed by atoms with E-state index in [4.69, 9.17) is 9.97 Å². The Hall–Kier alpha value is -2.98. The van der Waals surface area contributed by atoms with E-state index >= 15 is 0 Å². The van der Waals surface area contributed by atoms with E-state index in [1.165, 1.54) is 0 Å². The van der Waals surface area contributed by atoms with Crippen LogP contribution in [0.25, 0.3) is 11.0 Å². The van der Waals surface area contributed by atoms with Crippen molar-refractivity contribution in [2.75, 3.05) is 18.4 Å². The number of imidazole rings is 1. The molecule has 0 bridgehead atoms. The van der Waals surface area contributed by atoms with Crippen LogP contribution in [-0.2, 0) is 6.54 Å². The van der Waals surface area contributed by atoms with Gasteiger partial charge in [0.1, 0.15) is 11.7 Å². The van der Waals surface area contributed by atoms with Crippen LogP contribution in [0.5, 0.6) is 0 Å². The van der Waals surface area contributed by atoms with Gasteiger partial charge in [0.15, 0.2) is 0 Å². The number of nitrogens with one attached hydrogen (secondary N) is 2. The van der Waals surface area contributed by atoms with Gasteiger partial charge in [-0.3, -0.25) is 0 Å². The molecule has 0 radical (unpaired) electrons. The molecule has 7 heteroatoms. The maximum atomic E-state index is 10.0. The van der Waals surface area contributed by atoms with E-state index in [9.17, 15) is 5.26 Å². The fourth-order valence-electron chi connectivity index (χ4n) is 3.85. The van der Waals surface area contributed by atoms with Crippen LogP contribution in [0.15, 0.2) is 30.5 Å². The van der Waals surface area contributed by atoms with Crippen LogP contribution in [0.4, 0.5) is 5.95 Å². The number of aromatic nitrogens is 4. The number of para-hydroxylation sites is 2. The summed E-state index contributed by atoms with van der Waals surface area (Å²) in [6.07, 6.45) is 3.88. The van der Waals surface area contributed by atoms with E-state index < -0.39 is 5.92 Å². The Morgan fingerprint density at radius 2 is 2.07 bits per heavy atom. The molecule has 2 N–H and O–H groups in total. The van der Waals surface area contributed by atoms with Crippen molar-refractivity contribution in [1.82, 2.24) is 24.8 Å². The molecule has 0 saturated carbocycles. The Bertz CT molecular complexity index is 1010. The third-order valence-corrected chi connectivity index (χ3v) is 5.34. The van der Waals surface area contributed by atoms with Gasteiger partial charge in [0, 0.05) is 18.8 Å². The maximum absolute atomic E-state index is 10.0. The molecule has 1 aromatic carbocycles. The third kappa shape index (κ3) is 3.43. The summed E-state index contributed by atoms with van der Waals surface area (Å²) in [5, 5.41) is 16.8. The molecule has 7 nitrogen and oxygen atoms in total. The second-order valence-electron chi connectivity index (χ2n) is 7.20. The molecule has 3 heterocycles. The number of fused-ring (bicyclic) bond motifs is 1. The van der Waals surface area contributed by atoms with Gasteiger partial charge in [-0.1, -0.05) is 12.1 Å². The fraction of sp³-hybridized carbons (Fsp3) is 0.429. The molecular formula is C21H25N7. The van der Waals surface area contributed by atoms with Gasteiger partial charge in [-0.15, -0.1) is 0 Å². The first-order valence-electron chi connectivity index (χ1n) is 9.86. The number of aryl methyl sites for hydroxylation is 2. The van der Waals surface area contributed by atoms with Crippen LogP contribution in [-0.4, -0.2) is 38.7 Å². The lowest BCUT2D eigenvalue weighted by atomic mass is 10.0. The Kier molecular flexibility index (Phi) is 5.22. The van der Waals surface area contributed by atoms with Crippen molar-refractivity contribution in [2.24, 2.45) is 0 Å². The van der Waals surface area contributed by atoms with Crippen molar-refractivity contribution in [3.05, 3.63) is 47.5 Å². The Balaban J connectivity index is 1.72. The molecular weight excluding hydrogens is 350 g/mol. The van der Waals surface area contributed by atoms with E-state index in [0.29, 0.717) is 12.0 Å². The van der Waals surface area contributed by atoms with Crippen molar-refractivity contribution in [2.45, 2.75) is 45.2 Å². The highest BCUT2D eigenvalue weighted by molar-refractivity contribution is 5.76. The first-order chi connectivity index (χ1) is 13.7. The summed E-state index contributed by atoms with van der Waals surface area (Å²) >= 11 is 0.